The Morgan fingerprint density at radius 2 is 1.97 bits per heavy atom. The summed E-state index contributed by atoms with van der Waals surface area (Å²) in [5.41, 5.74) is 0.0176. The Hall–Kier alpha value is -1.17. The molecule has 2 fully saturated rings. The average molecular weight is 409 g/mol. The summed E-state index contributed by atoms with van der Waals surface area (Å²) in [6.07, 6.45) is 16.0. The molecule has 0 aromatic carbocycles. The van der Waals surface area contributed by atoms with Crippen LogP contribution in [0.15, 0.2) is 24.3 Å². The van der Waals surface area contributed by atoms with Crippen molar-refractivity contribution in [2.24, 2.45) is 17.3 Å². The second kappa shape index (κ2) is 11.9. The molecule has 0 saturated heterocycles. The molecule has 0 unspecified atom stereocenters. The highest BCUT2D eigenvalue weighted by atomic mass is 16.5. The zero-order valence-electron chi connectivity index (χ0n) is 18.1. The van der Waals surface area contributed by atoms with Crippen molar-refractivity contribution in [2.45, 2.75) is 95.9 Å². The lowest BCUT2D eigenvalue weighted by Gasteiger charge is -2.45. The Labute approximate surface area is 175 Å². The van der Waals surface area contributed by atoms with Crippen LogP contribution >= 0.6 is 0 Å². The number of hydrogen-bond donors (Lipinski definition) is 3. The van der Waals surface area contributed by atoms with E-state index in [1.165, 1.54) is 13.5 Å². The van der Waals surface area contributed by atoms with Gasteiger partial charge in [0, 0.05) is 18.8 Å². The predicted octanol–water partition coefficient (Wildman–Crippen LogP) is 3.91. The zero-order valence-corrected chi connectivity index (χ0v) is 18.1. The van der Waals surface area contributed by atoms with Gasteiger partial charge in [0.2, 0.25) is 0 Å². The molecule has 5 heteroatoms. The minimum atomic E-state index is -0.570. The van der Waals surface area contributed by atoms with Crippen LogP contribution in [0, 0.1) is 17.3 Å². The second-order valence-corrected chi connectivity index (χ2v) is 8.94. The summed E-state index contributed by atoms with van der Waals surface area (Å²) in [5.74, 6) is -0.374. The van der Waals surface area contributed by atoms with Gasteiger partial charge in [-0.25, -0.2) is 0 Å². The number of carbonyl (C=O) groups is 1. The molecule has 2 aliphatic rings. The molecule has 2 rings (SSSR count). The van der Waals surface area contributed by atoms with Crippen molar-refractivity contribution in [1.82, 2.24) is 0 Å². The third kappa shape index (κ3) is 6.66. The summed E-state index contributed by atoms with van der Waals surface area (Å²) >= 11 is 0. The van der Waals surface area contributed by atoms with Gasteiger partial charge in [0.1, 0.15) is 0 Å². The van der Waals surface area contributed by atoms with Crippen molar-refractivity contribution in [2.75, 3.05) is 7.11 Å². The van der Waals surface area contributed by atoms with Crippen LogP contribution in [0.1, 0.15) is 77.6 Å². The Morgan fingerprint density at radius 1 is 1.21 bits per heavy atom. The summed E-state index contributed by atoms with van der Waals surface area (Å²) in [6, 6.07) is 0. The van der Waals surface area contributed by atoms with E-state index in [-0.39, 0.29) is 23.2 Å². The van der Waals surface area contributed by atoms with Crippen molar-refractivity contribution in [3.63, 3.8) is 0 Å². The highest BCUT2D eigenvalue weighted by Gasteiger charge is 2.43. The quantitative estimate of drug-likeness (QED) is 0.259. The molecule has 0 bridgehead atoms. The molecule has 0 heterocycles. The average Bonchev–Trinajstić information content (AvgIpc) is 2.94. The van der Waals surface area contributed by atoms with Gasteiger partial charge in [-0.05, 0) is 49.9 Å². The fourth-order valence-electron chi connectivity index (χ4n) is 4.83. The molecule has 0 aliphatic heterocycles. The van der Waals surface area contributed by atoms with Crippen molar-refractivity contribution in [1.29, 1.82) is 0 Å². The maximum Gasteiger partial charge on any atom is 0.305 e. The molecule has 5 atom stereocenters. The van der Waals surface area contributed by atoms with Crippen LogP contribution in [-0.4, -0.2) is 46.7 Å². The third-order valence-corrected chi connectivity index (χ3v) is 6.99. The molecule has 5 nitrogen and oxygen atoms in total. The molecule has 29 heavy (non-hydrogen) atoms. The number of rotatable bonds is 12. The van der Waals surface area contributed by atoms with Crippen LogP contribution in [0.5, 0.6) is 0 Å². The van der Waals surface area contributed by atoms with Gasteiger partial charge in [-0.2, -0.15) is 0 Å². The van der Waals surface area contributed by atoms with E-state index in [9.17, 15) is 20.1 Å². The van der Waals surface area contributed by atoms with E-state index in [2.05, 4.69) is 11.7 Å². The first-order chi connectivity index (χ1) is 13.9. The molecular formula is C24H40O5. The number of esters is 1. The van der Waals surface area contributed by atoms with E-state index >= 15 is 0 Å². The van der Waals surface area contributed by atoms with E-state index in [0.717, 1.165) is 44.9 Å². The smallest absolute Gasteiger partial charge is 0.305 e. The first-order valence-electron chi connectivity index (χ1n) is 11.4. The number of unbranched alkanes of at least 4 members (excludes halogenated alkanes) is 2. The van der Waals surface area contributed by atoms with Gasteiger partial charge in [0.25, 0.3) is 0 Å². The van der Waals surface area contributed by atoms with Crippen LogP contribution in [0.3, 0.4) is 0 Å². The molecule has 0 spiro atoms. The largest absolute Gasteiger partial charge is 0.469 e. The first-order valence-corrected chi connectivity index (χ1v) is 11.4. The Bertz CT molecular complexity index is 551. The van der Waals surface area contributed by atoms with Gasteiger partial charge in [-0.3, -0.25) is 4.79 Å². The minimum Gasteiger partial charge on any atom is -0.469 e. The fourth-order valence-corrected chi connectivity index (χ4v) is 4.83. The maximum absolute atomic E-state index is 11.1. The molecule has 3 N–H and O–H groups in total. The van der Waals surface area contributed by atoms with Gasteiger partial charge in [-0.1, -0.05) is 50.5 Å². The summed E-state index contributed by atoms with van der Waals surface area (Å²) in [7, 11) is 1.40. The van der Waals surface area contributed by atoms with Crippen molar-refractivity contribution in [3.05, 3.63) is 24.3 Å². The Balaban J connectivity index is 1.88. The van der Waals surface area contributed by atoms with Crippen molar-refractivity contribution >= 4 is 5.97 Å². The summed E-state index contributed by atoms with van der Waals surface area (Å²) in [6.45, 7) is 2.18. The lowest BCUT2D eigenvalue weighted by Crippen LogP contribution is -2.40. The number of methoxy groups -OCH3 is 1. The maximum atomic E-state index is 11.1. The molecule has 2 aliphatic carbocycles. The number of allylic oxidation sites excluding steroid dienone is 2. The monoisotopic (exact) mass is 408 g/mol. The number of ether oxygens (including phenoxy) is 1. The van der Waals surface area contributed by atoms with Crippen LogP contribution < -0.4 is 0 Å². The predicted molar refractivity (Wildman–Crippen MR) is 114 cm³/mol. The number of aliphatic hydroxyl groups excluding tert-OH is 3. The van der Waals surface area contributed by atoms with E-state index < -0.39 is 18.3 Å². The number of hydrogen-bond acceptors (Lipinski definition) is 5. The van der Waals surface area contributed by atoms with Gasteiger partial charge in [-0.15, -0.1) is 0 Å². The lowest BCUT2D eigenvalue weighted by atomic mass is 9.62. The Kier molecular flexibility index (Phi) is 9.87. The van der Waals surface area contributed by atoms with Crippen LogP contribution in [0.25, 0.3) is 0 Å². The van der Waals surface area contributed by atoms with Crippen LogP contribution in [0.4, 0.5) is 0 Å². The fraction of sp³-hybridized carbons (Fsp3) is 0.792. The number of aliphatic hydroxyl groups is 3. The molecule has 2 saturated carbocycles. The summed E-state index contributed by atoms with van der Waals surface area (Å²) in [4.78, 5) is 11.1. The molecule has 166 valence electrons. The van der Waals surface area contributed by atoms with Crippen molar-refractivity contribution < 1.29 is 24.9 Å². The highest BCUT2D eigenvalue weighted by Crippen LogP contribution is 2.48. The van der Waals surface area contributed by atoms with E-state index in [4.69, 9.17) is 0 Å². The molecule has 0 aromatic rings. The number of carbonyl (C=O) groups excluding carboxylic acids is 1. The van der Waals surface area contributed by atoms with Crippen molar-refractivity contribution in [3.8, 4) is 0 Å². The van der Waals surface area contributed by atoms with Gasteiger partial charge >= 0.3 is 5.97 Å². The summed E-state index contributed by atoms with van der Waals surface area (Å²) < 4.78 is 4.63. The normalized spacial score (nSPS) is 30.0. The second-order valence-electron chi connectivity index (χ2n) is 8.94. The van der Waals surface area contributed by atoms with E-state index in [0.29, 0.717) is 19.3 Å². The third-order valence-electron chi connectivity index (χ3n) is 6.99. The van der Waals surface area contributed by atoms with Gasteiger partial charge in [0.05, 0.1) is 25.4 Å². The topological polar surface area (TPSA) is 87.0 Å². The SMILES string of the molecule is CCCCC1([C@H](O)/C=C/[C@@H]2[C@@H](C/C=C\CCCC(=O)OC)[C@@H](O)C[C@H]2O)CCC1. The van der Waals surface area contributed by atoms with Gasteiger partial charge in [0.15, 0.2) is 0 Å². The standard InChI is InChI=1S/C24H40O5/c1-3-4-14-24(15-9-16-24)22(27)13-12-19-18(20(25)17-21(19)26)10-7-5-6-8-11-23(28)29-2/h5,7,12-13,18-22,25-27H,3-4,6,8-11,14-17H2,1-2H3/b7-5-,13-12+/t18-,19-,20+,21-,22-/m1/s1. The minimum absolute atomic E-state index is 0.0176. The van der Waals surface area contributed by atoms with Crippen LogP contribution in [-0.2, 0) is 9.53 Å². The molecular weight excluding hydrogens is 368 g/mol. The molecule has 0 aromatic heterocycles. The van der Waals surface area contributed by atoms with Crippen LogP contribution in [0.2, 0.25) is 0 Å². The van der Waals surface area contributed by atoms with Gasteiger partial charge < -0.3 is 20.1 Å². The first kappa shape index (κ1) is 24.1. The highest BCUT2D eigenvalue weighted by molar-refractivity contribution is 5.69. The zero-order chi connectivity index (χ0) is 21.3. The van der Waals surface area contributed by atoms with E-state index in [1.54, 1.807) is 0 Å². The molecule has 0 amide bonds. The summed E-state index contributed by atoms with van der Waals surface area (Å²) in [5, 5.41) is 31.6. The molecule has 0 radical (unpaired) electrons. The van der Waals surface area contributed by atoms with E-state index in [1.807, 2.05) is 24.3 Å². The lowest BCUT2D eigenvalue weighted by molar-refractivity contribution is -0.140. The Morgan fingerprint density at radius 3 is 2.59 bits per heavy atom.